The van der Waals surface area contributed by atoms with Crippen LogP contribution >= 0.6 is 0 Å². The first-order valence-corrected chi connectivity index (χ1v) is 11.5. The van der Waals surface area contributed by atoms with Gasteiger partial charge in [-0.1, -0.05) is 18.1 Å². The predicted octanol–water partition coefficient (Wildman–Crippen LogP) is 4.25. The van der Waals surface area contributed by atoms with E-state index in [2.05, 4.69) is 37.4 Å². The molecule has 0 aliphatic carbocycles. The molecular formula is C27H21F3N6O. The van der Waals surface area contributed by atoms with E-state index in [1.54, 1.807) is 24.4 Å². The normalized spacial score (nSPS) is 13.0. The molecule has 10 heteroatoms. The van der Waals surface area contributed by atoms with Crippen LogP contribution in [0.4, 0.5) is 18.9 Å². The van der Waals surface area contributed by atoms with E-state index in [9.17, 15) is 18.0 Å². The van der Waals surface area contributed by atoms with Gasteiger partial charge in [0.1, 0.15) is 5.69 Å². The molecule has 3 aromatic heterocycles. The van der Waals surface area contributed by atoms with Gasteiger partial charge in [-0.3, -0.25) is 19.2 Å². The Bertz CT molecular complexity index is 1590. The van der Waals surface area contributed by atoms with Crippen LogP contribution in [0.25, 0.3) is 5.65 Å². The molecule has 186 valence electrons. The molecule has 7 nitrogen and oxygen atoms in total. The first kappa shape index (κ1) is 24.1. The molecule has 0 saturated carbocycles. The van der Waals surface area contributed by atoms with Crippen molar-refractivity contribution in [2.45, 2.75) is 19.5 Å². The molecule has 2 N–H and O–H groups in total. The van der Waals surface area contributed by atoms with Gasteiger partial charge in [-0.05, 0) is 48.7 Å². The summed E-state index contributed by atoms with van der Waals surface area (Å²) in [5.74, 6) is 6.57. The van der Waals surface area contributed by atoms with Crippen LogP contribution < -0.4 is 10.6 Å². The summed E-state index contributed by atoms with van der Waals surface area (Å²) >= 11 is 0. The number of anilines is 1. The Morgan fingerprint density at radius 1 is 1.16 bits per heavy atom. The van der Waals surface area contributed by atoms with Gasteiger partial charge in [-0.15, -0.1) is 0 Å². The lowest BCUT2D eigenvalue weighted by Gasteiger charge is -2.08. The van der Waals surface area contributed by atoms with Gasteiger partial charge < -0.3 is 10.6 Å². The minimum absolute atomic E-state index is 0.0574. The number of pyridine rings is 2. The van der Waals surface area contributed by atoms with Gasteiger partial charge in [0.15, 0.2) is 17.4 Å². The lowest BCUT2D eigenvalue weighted by atomic mass is 10.00. The molecule has 37 heavy (non-hydrogen) atoms. The van der Waals surface area contributed by atoms with Gasteiger partial charge in [-0.2, -0.15) is 13.2 Å². The van der Waals surface area contributed by atoms with Gasteiger partial charge in [0.05, 0.1) is 30.4 Å². The first-order chi connectivity index (χ1) is 17.8. The Morgan fingerprint density at radius 3 is 2.81 bits per heavy atom. The van der Waals surface area contributed by atoms with Crippen molar-refractivity contribution in [3.05, 3.63) is 94.7 Å². The molecule has 1 aliphatic rings. The van der Waals surface area contributed by atoms with E-state index >= 15 is 0 Å². The number of nitrogens with zero attached hydrogens (tertiary/aromatic N) is 4. The molecule has 0 saturated heterocycles. The van der Waals surface area contributed by atoms with E-state index < -0.39 is 11.7 Å². The van der Waals surface area contributed by atoms with E-state index in [-0.39, 0.29) is 17.9 Å². The number of aryl methyl sites for hydroxylation is 1. The molecule has 0 radical (unpaired) electrons. The lowest BCUT2D eigenvalue weighted by molar-refractivity contribution is -0.137. The Kier molecular flexibility index (Phi) is 6.36. The second kappa shape index (κ2) is 9.78. The third kappa shape index (κ3) is 5.30. The maximum atomic E-state index is 13.0. The standard InChI is InChI=1S/C27H21F3N6O/c1-17-4-5-19(24(37)15-21-14-20(8-9-31-21)27(28,29)30)13-18(17)6-7-22-16-34-25-23(3-2-12-36(22)25)35-26-32-10-11-33-26/h2-5,8-9,12-14,16H,10-11,15H2,1H3,(H2,32,33,35). The number of fused-ring (bicyclic) bond motifs is 1. The number of benzene rings is 1. The number of hydrogen-bond donors (Lipinski definition) is 2. The minimum atomic E-state index is -4.50. The van der Waals surface area contributed by atoms with Crippen LogP contribution in [0.1, 0.15) is 38.4 Å². The van der Waals surface area contributed by atoms with Gasteiger partial charge in [0.25, 0.3) is 0 Å². The van der Waals surface area contributed by atoms with Crippen LogP contribution in [-0.4, -0.2) is 39.2 Å². The average Bonchev–Trinajstić information content (AvgIpc) is 3.54. The second-order valence-corrected chi connectivity index (χ2v) is 8.45. The summed E-state index contributed by atoms with van der Waals surface area (Å²) in [6, 6.07) is 10.6. The molecule has 1 aromatic carbocycles. The Hall–Kier alpha value is -4.65. The number of aromatic nitrogens is 3. The highest BCUT2D eigenvalue weighted by atomic mass is 19.4. The quantitative estimate of drug-likeness (QED) is 0.322. The number of guanidine groups is 1. The fourth-order valence-electron chi connectivity index (χ4n) is 3.89. The maximum absolute atomic E-state index is 13.0. The molecule has 0 bridgehead atoms. The monoisotopic (exact) mass is 502 g/mol. The van der Waals surface area contributed by atoms with Gasteiger partial charge in [-0.25, -0.2) is 4.98 Å². The number of halogens is 3. The smallest absolute Gasteiger partial charge is 0.354 e. The Labute approximate surface area is 210 Å². The largest absolute Gasteiger partial charge is 0.416 e. The summed E-state index contributed by atoms with van der Waals surface area (Å²) in [5.41, 5.74) is 3.21. The molecule has 0 amide bonds. The number of alkyl halides is 3. The van der Waals surface area contributed by atoms with Crippen molar-refractivity contribution >= 4 is 23.1 Å². The molecule has 0 unspecified atom stereocenters. The van der Waals surface area contributed by atoms with E-state index in [0.717, 1.165) is 36.1 Å². The zero-order chi connectivity index (χ0) is 26.0. The van der Waals surface area contributed by atoms with Crippen molar-refractivity contribution in [2.75, 3.05) is 18.4 Å². The van der Waals surface area contributed by atoms with Crippen molar-refractivity contribution in [3.63, 3.8) is 0 Å². The fourth-order valence-corrected chi connectivity index (χ4v) is 3.89. The number of rotatable bonds is 4. The van der Waals surface area contributed by atoms with Gasteiger partial charge in [0, 0.05) is 35.8 Å². The summed E-state index contributed by atoms with van der Waals surface area (Å²) in [6.07, 6.45) is -0.157. The van der Waals surface area contributed by atoms with Crippen LogP contribution in [0.15, 0.2) is 66.0 Å². The zero-order valence-electron chi connectivity index (χ0n) is 19.7. The molecule has 0 spiro atoms. The molecule has 4 heterocycles. The number of aliphatic imine (C=N–C) groups is 1. The van der Waals surface area contributed by atoms with Crippen molar-refractivity contribution in [2.24, 2.45) is 4.99 Å². The van der Waals surface area contributed by atoms with Crippen LogP contribution in [0.5, 0.6) is 0 Å². The summed E-state index contributed by atoms with van der Waals surface area (Å²) in [5, 5.41) is 6.39. The van der Waals surface area contributed by atoms with Gasteiger partial charge >= 0.3 is 6.18 Å². The predicted molar refractivity (Wildman–Crippen MR) is 134 cm³/mol. The van der Waals surface area contributed by atoms with E-state index in [1.807, 2.05) is 29.7 Å². The highest BCUT2D eigenvalue weighted by molar-refractivity contribution is 5.98. The Balaban J connectivity index is 1.38. The summed E-state index contributed by atoms with van der Waals surface area (Å²) in [6.45, 7) is 3.38. The topological polar surface area (TPSA) is 83.7 Å². The second-order valence-electron chi connectivity index (χ2n) is 8.45. The van der Waals surface area contributed by atoms with Crippen molar-refractivity contribution in [3.8, 4) is 11.8 Å². The van der Waals surface area contributed by atoms with Crippen molar-refractivity contribution < 1.29 is 18.0 Å². The molecular weight excluding hydrogens is 481 g/mol. The summed E-state index contributed by atoms with van der Waals surface area (Å²) in [4.78, 5) is 25.6. The molecule has 5 rings (SSSR count). The molecule has 0 atom stereocenters. The average molecular weight is 503 g/mol. The van der Waals surface area contributed by atoms with Crippen molar-refractivity contribution in [1.82, 2.24) is 19.7 Å². The number of ketones is 1. The number of Topliss-reactive ketones (excluding diaryl/α,β-unsaturated/α-hetero) is 1. The maximum Gasteiger partial charge on any atom is 0.416 e. The number of hydrogen-bond acceptors (Lipinski definition) is 6. The number of nitrogens with one attached hydrogen (secondary N) is 2. The van der Waals surface area contributed by atoms with E-state index in [0.29, 0.717) is 35.0 Å². The SMILES string of the molecule is Cc1ccc(C(=O)Cc2cc(C(F)(F)F)ccn2)cc1C#Cc1cnc2c(NC3=NCCN3)cccn12. The summed E-state index contributed by atoms with van der Waals surface area (Å²) < 4.78 is 40.8. The van der Waals surface area contributed by atoms with Crippen LogP contribution in [0.2, 0.25) is 0 Å². The summed E-state index contributed by atoms with van der Waals surface area (Å²) in [7, 11) is 0. The van der Waals surface area contributed by atoms with Crippen molar-refractivity contribution in [1.29, 1.82) is 0 Å². The third-order valence-corrected chi connectivity index (χ3v) is 5.83. The highest BCUT2D eigenvalue weighted by Gasteiger charge is 2.30. The van der Waals surface area contributed by atoms with Crippen LogP contribution in [0, 0.1) is 18.8 Å². The van der Waals surface area contributed by atoms with E-state index in [4.69, 9.17) is 0 Å². The lowest BCUT2D eigenvalue weighted by Crippen LogP contribution is -2.26. The molecule has 4 aromatic rings. The highest BCUT2D eigenvalue weighted by Crippen LogP contribution is 2.29. The van der Waals surface area contributed by atoms with Crippen LogP contribution in [0.3, 0.4) is 0 Å². The minimum Gasteiger partial charge on any atom is -0.354 e. The number of imidazole rings is 1. The van der Waals surface area contributed by atoms with E-state index in [1.165, 1.54) is 0 Å². The fraction of sp³-hybridized carbons (Fsp3) is 0.185. The number of carbonyl (C=O) groups is 1. The number of carbonyl (C=O) groups excluding carboxylic acids is 1. The third-order valence-electron chi connectivity index (χ3n) is 5.83. The zero-order valence-corrected chi connectivity index (χ0v) is 19.7. The molecule has 1 aliphatic heterocycles. The first-order valence-electron chi connectivity index (χ1n) is 11.5. The Morgan fingerprint density at radius 2 is 2.03 bits per heavy atom. The van der Waals surface area contributed by atoms with Gasteiger partial charge in [0.2, 0.25) is 0 Å². The van der Waals surface area contributed by atoms with Crippen LogP contribution in [-0.2, 0) is 12.6 Å². The molecule has 0 fully saturated rings.